The van der Waals surface area contributed by atoms with E-state index in [9.17, 15) is 4.79 Å². The van der Waals surface area contributed by atoms with Crippen molar-refractivity contribution in [3.8, 4) is 0 Å². The van der Waals surface area contributed by atoms with Crippen LogP contribution >= 0.6 is 28.6 Å². The van der Waals surface area contributed by atoms with Crippen LogP contribution in [0.2, 0.25) is 0 Å². The number of hydrogen-bond donors (Lipinski definition) is 1. The highest BCUT2D eigenvalue weighted by Gasteiger charge is 2.17. The Balaban J connectivity index is 2.37. The van der Waals surface area contributed by atoms with E-state index in [1.165, 1.54) is 0 Å². The molecule has 2 rings (SSSR count). The first-order valence-corrected chi connectivity index (χ1v) is 7.07. The number of amides is 1. The molecule has 0 aromatic heterocycles. The van der Waals surface area contributed by atoms with Crippen LogP contribution in [0.5, 0.6) is 0 Å². The van der Waals surface area contributed by atoms with Crippen LogP contribution in [0.25, 0.3) is 0 Å². The molecule has 0 fully saturated rings. The number of nitrogens with zero attached hydrogens (tertiary/aromatic N) is 1. The van der Waals surface area contributed by atoms with Crippen molar-refractivity contribution >= 4 is 40.2 Å². The highest BCUT2D eigenvalue weighted by atomic mass is 79.9. The number of hydrogen-bond acceptors (Lipinski definition) is 2. The van der Waals surface area contributed by atoms with E-state index in [1.54, 1.807) is 18.0 Å². The SMILES string of the molecule is Cc1ccccc1N(C)C(=O)c1ccc(Br)cc1S. The standard InChI is InChI=1S/C15H14BrNOS/c1-10-5-3-4-6-13(10)17(2)15(18)12-8-7-11(16)9-14(12)19/h3-9,19H,1-2H3. The Kier molecular flexibility index (Phi) is 4.32. The highest BCUT2D eigenvalue weighted by Crippen LogP contribution is 2.24. The average molecular weight is 336 g/mol. The third-order valence-electron chi connectivity index (χ3n) is 2.97. The fourth-order valence-corrected chi connectivity index (χ4v) is 2.76. The molecule has 98 valence electrons. The maximum atomic E-state index is 12.5. The smallest absolute Gasteiger partial charge is 0.259 e. The van der Waals surface area contributed by atoms with Crippen LogP contribution in [-0.2, 0) is 0 Å². The molecule has 0 aliphatic carbocycles. The summed E-state index contributed by atoms with van der Waals surface area (Å²) in [5, 5.41) is 0. The van der Waals surface area contributed by atoms with Gasteiger partial charge < -0.3 is 4.90 Å². The van der Waals surface area contributed by atoms with Crippen molar-refractivity contribution in [2.24, 2.45) is 0 Å². The molecule has 0 spiro atoms. The summed E-state index contributed by atoms with van der Waals surface area (Å²) in [5.41, 5.74) is 2.57. The monoisotopic (exact) mass is 335 g/mol. The summed E-state index contributed by atoms with van der Waals surface area (Å²) in [5.74, 6) is -0.0631. The fourth-order valence-electron chi connectivity index (χ4n) is 1.92. The van der Waals surface area contributed by atoms with E-state index in [1.807, 2.05) is 43.3 Å². The van der Waals surface area contributed by atoms with Crippen LogP contribution in [-0.4, -0.2) is 13.0 Å². The van der Waals surface area contributed by atoms with Crippen molar-refractivity contribution in [1.82, 2.24) is 0 Å². The molecule has 0 atom stereocenters. The lowest BCUT2D eigenvalue weighted by Gasteiger charge is -2.20. The van der Waals surface area contributed by atoms with Gasteiger partial charge in [-0.1, -0.05) is 34.1 Å². The Morgan fingerprint density at radius 2 is 1.89 bits per heavy atom. The zero-order chi connectivity index (χ0) is 14.0. The summed E-state index contributed by atoms with van der Waals surface area (Å²) >= 11 is 7.73. The van der Waals surface area contributed by atoms with Crippen LogP contribution < -0.4 is 4.90 Å². The van der Waals surface area contributed by atoms with E-state index < -0.39 is 0 Å². The quantitative estimate of drug-likeness (QED) is 0.810. The number of benzene rings is 2. The molecule has 0 saturated heterocycles. The molecule has 2 nitrogen and oxygen atoms in total. The summed E-state index contributed by atoms with van der Waals surface area (Å²) in [6.45, 7) is 1.99. The molecular formula is C15H14BrNOS. The number of thiol groups is 1. The molecule has 2 aromatic rings. The van der Waals surface area contributed by atoms with Crippen molar-refractivity contribution in [1.29, 1.82) is 0 Å². The second kappa shape index (κ2) is 5.80. The van der Waals surface area contributed by atoms with Gasteiger partial charge in [0.25, 0.3) is 5.91 Å². The Hall–Kier alpha value is -1.26. The topological polar surface area (TPSA) is 20.3 Å². The van der Waals surface area contributed by atoms with Crippen molar-refractivity contribution in [2.45, 2.75) is 11.8 Å². The first-order valence-electron chi connectivity index (χ1n) is 5.83. The van der Waals surface area contributed by atoms with Crippen LogP contribution in [0, 0.1) is 6.92 Å². The molecular weight excluding hydrogens is 322 g/mol. The molecule has 0 aliphatic rings. The minimum absolute atomic E-state index is 0.0631. The molecule has 0 N–H and O–H groups in total. The van der Waals surface area contributed by atoms with Gasteiger partial charge in [-0.2, -0.15) is 0 Å². The van der Waals surface area contributed by atoms with Gasteiger partial charge in [0.2, 0.25) is 0 Å². The molecule has 0 aliphatic heterocycles. The number of aryl methyl sites for hydroxylation is 1. The average Bonchev–Trinajstić information content (AvgIpc) is 2.38. The van der Waals surface area contributed by atoms with Gasteiger partial charge in [-0.05, 0) is 36.8 Å². The Morgan fingerprint density at radius 1 is 1.21 bits per heavy atom. The molecule has 0 unspecified atom stereocenters. The normalized spacial score (nSPS) is 10.3. The van der Waals surface area contributed by atoms with Crippen LogP contribution in [0.3, 0.4) is 0 Å². The van der Waals surface area contributed by atoms with Gasteiger partial charge in [0.1, 0.15) is 0 Å². The summed E-state index contributed by atoms with van der Waals surface area (Å²) in [6.07, 6.45) is 0. The lowest BCUT2D eigenvalue weighted by molar-refractivity contribution is 0.0990. The molecule has 0 heterocycles. The summed E-state index contributed by atoms with van der Waals surface area (Å²) in [7, 11) is 1.78. The minimum Gasteiger partial charge on any atom is -0.311 e. The maximum absolute atomic E-state index is 12.5. The minimum atomic E-state index is -0.0631. The van der Waals surface area contributed by atoms with Crippen molar-refractivity contribution < 1.29 is 4.79 Å². The second-order valence-electron chi connectivity index (χ2n) is 4.31. The Morgan fingerprint density at radius 3 is 2.53 bits per heavy atom. The van der Waals surface area contributed by atoms with E-state index in [-0.39, 0.29) is 5.91 Å². The zero-order valence-corrected chi connectivity index (χ0v) is 13.2. The third-order valence-corrected chi connectivity index (χ3v) is 3.83. The van der Waals surface area contributed by atoms with Gasteiger partial charge in [-0.15, -0.1) is 12.6 Å². The molecule has 0 saturated carbocycles. The number of para-hydroxylation sites is 1. The van der Waals surface area contributed by atoms with Crippen LogP contribution in [0.4, 0.5) is 5.69 Å². The van der Waals surface area contributed by atoms with Gasteiger partial charge >= 0.3 is 0 Å². The summed E-state index contributed by atoms with van der Waals surface area (Å²) in [4.78, 5) is 14.8. The largest absolute Gasteiger partial charge is 0.311 e. The van der Waals surface area contributed by atoms with Gasteiger partial charge in [0, 0.05) is 22.1 Å². The van der Waals surface area contributed by atoms with Crippen molar-refractivity contribution in [2.75, 3.05) is 11.9 Å². The summed E-state index contributed by atoms with van der Waals surface area (Å²) in [6, 6.07) is 13.3. The van der Waals surface area contributed by atoms with E-state index in [0.29, 0.717) is 10.5 Å². The fraction of sp³-hybridized carbons (Fsp3) is 0.133. The van der Waals surface area contributed by atoms with Crippen molar-refractivity contribution in [3.63, 3.8) is 0 Å². The van der Waals surface area contributed by atoms with Crippen LogP contribution in [0.1, 0.15) is 15.9 Å². The van der Waals surface area contributed by atoms with Crippen LogP contribution in [0.15, 0.2) is 51.8 Å². The van der Waals surface area contributed by atoms with E-state index in [2.05, 4.69) is 28.6 Å². The maximum Gasteiger partial charge on any atom is 0.259 e. The molecule has 19 heavy (non-hydrogen) atoms. The molecule has 2 aromatic carbocycles. The first kappa shape index (κ1) is 14.2. The van der Waals surface area contributed by atoms with E-state index >= 15 is 0 Å². The van der Waals surface area contributed by atoms with E-state index in [0.717, 1.165) is 15.7 Å². The molecule has 0 bridgehead atoms. The second-order valence-corrected chi connectivity index (χ2v) is 5.71. The number of anilines is 1. The predicted octanol–water partition coefficient (Wildman–Crippen LogP) is 4.32. The molecule has 0 radical (unpaired) electrons. The lowest BCUT2D eigenvalue weighted by atomic mass is 10.1. The van der Waals surface area contributed by atoms with Gasteiger partial charge in [-0.25, -0.2) is 0 Å². The third kappa shape index (κ3) is 3.01. The summed E-state index contributed by atoms with van der Waals surface area (Å²) < 4.78 is 0.910. The molecule has 4 heteroatoms. The predicted molar refractivity (Wildman–Crippen MR) is 85.3 cm³/mol. The van der Waals surface area contributed by atoms with Gasteiger partial charge in [0.05, 0.1) is 5.56 Å². The number of rotatable bonds is 2. The lowest BCUT2D eigenvalue weighted by Crippen LogP contribution is -2.27. The Labute approximate surface area is 127 Å². The molecule has 1 amide bonds. The number of carbonyl (C=O) groups is 1. The zero-order valence-electron chi connectivity index (χ0n) is 10.7. The number of carbonyl (C=O) groups excluding carboxylic acids is 1. The van der Waals surface area contributed by atoms with Gasteiger partial charge in [-0.3, -0.25) is 4.79 Å². The highest BCUT2D eigenvalue weighted by molar-refractivity contribution is 9.10. The van der Waals surface area contributed by atoms with E-state index in [4.69, 9.17) is 0 Å². The Bertz CT molecular complexity index is 627. The number of halogens is 1. The van der Waals surface area contributed by atoms with Gasteiger partial charge in [0.15, 0.2) is 0 Å². The van der Waals surface area contributed by atoms with Crippen molar-refractivity contribution in [3.05, 3.63) is 58.1 Å². The first-order chi connectivity index (χ1) is 9.00.